The molecular formula is C17H20N2O4. The van der Waals surface area contributed by atoms with Crippen molar-refractivity contribution in [3.05, 3.63) is 29.8 Å². The maximum absolute atomic E-state index is 12.2. The molecule has 2 amide bonds. The van der Waals surface area contributed by atoms with Gasteiger partial charge in [-0.2, -0.15) is 0 Å². The van der Waals surface area contributed by atoms with Gasteiger partial charge in [0.1, 0.15) is 0 Å². The zero-order valence-corrected chi connectivity index (χ0v) is 12.8. The van der Waals surface area contributed by atoms with Gasteiger partial charge in [-0.1, -0.05) is 18.2 Å². The van der Waals surface area contributed by atoms with Gasteiger partial charge < -0.3 is 15.3 Å². The van der Waals surface area contributed by atoms with Crippen molar-refractivity contribution in [1.29, 1.82) is 0 Å². The Morgan fingerprint density at radius 1 is 1.30 bits per heavy atom. The van der Waals surface area contributed by atoms with Crippen molar-refractivity contribution in [2.24, 2.45) is 11.8 Å². The van der Waals surface area contributed by atoms with Crippen molar-refractivity contribution in [3.63, 3.8) is 0 Å². The van der Waals surface area contributed by atoms with E-state index in [1.165, 1.54) is 0 Å². The van der Waals surface area contributed by atoms with Crippen molar-refractivity contribution in [2.75, 3.05) is 18.4 Å². The number of aliphatic carboxylic acids is 1. The molecule has 1 fully saturated rings. The molecule has 2 aliphatic heterocycles. The maximum atomic E-state index is 12.2. The lowest BCUT2D eigenvalue weighted by Gasteiger charge is -2.25. The number of carbonyl (C=O) groups is 3. The van der Waals surface area contributed by atoms with Crippen LogP contribution in [0.3, 0.4) is 0 Å². The Hall–Kier alpha value is -2.37. The average Bonchev–Trinajstić information content (AvgIpc) is 3.03. The van der Waals surface area contributed by atoms with E-state index in [1.807, 2.05) is 24.3 Å². The molecule has 0 radical (unpaired) electrons. The summed E-state index contributed by atoms with van der Waals surface area (Å²) in [7, 11) is 0. The molecule has 0 aliphatic carbocycles. The highest BCUT2D eigenvalue weighted by molar-refractivity contribution is 5.96. The van der Waals surface area contributed by atoms with Gasteiger partial charge in [0.2, 0.25) is 11.8 Å². The zero-order valence-electron chi connectivity index (χ0n) is 12.8. The summed E-state index contributed by atoms with van der Waals surface area (Å²) in [5, 5.41) is 11.9. The van der Waals surface area contributed by atoms with Crippen LogP contribution in [0.2, 0.25) is 0 Å². The van der Waals surface area contributed by atoms with Gasteiger partial charge >= 0.3 is 5.97 Å². The second-order valence-electron chi connectivity index (χ2n) is 6.25. The number of hydrogen-bond donors (Lipinski definition) is 2. The molecule has 2 aliphatic rings. The van der Waals surface area contributed by atoms with E-state index in [2.05, 4.69) is 5.32 Å². The highest BCUT2D eigenvalue weighted by Crippen LogP contribution is 2.28. The molecule has 0 bridgehead atoms. The number of rotatable bonds is 4. The summed E-state index contributed by atoms with van der Waals surface area (Å²) < 4.78 is 0. The first-order chi connectivity index (χ1) is 11.0. The first-order valence-electron chi connectivity index (χ1n) is 7.94. The summed E-state index contributed by atoms with van der Waals surface area (Å²) in [6.45, 7) is 0.781. The molecule has 2 atom stereocenters. The lowest BCUT2D eigenvalue weighted by atomic mass is 9.89. The molecule has 1 aromatic rings. The van der Waals surface area contributed by atoms with Gasteiger partial charge in [-0.3, -0.25) is 14.4 Å². The third-order valence-electron chi connectivity index (χ3n) is 4.71. The summed E-state index contributed by atoms with van der Waals surface area (Å²) in [5.41, 5.74) is 1.94. The van der Waals surface area contributed by atoms with Crippen LogP contribution < -0.4 is 5.32 Å². The smallest absolute Gasteiger partial charge is 0.308 e. The number of carbonyl (C=O) groups excluding carboxylic acids is 2. The topological polar surface area (TPSA) is 86.7 Å². The van der Waals surface area contributed by atoms with Gasteiger partial charge in [-0.15, -0.1) is 0 Å². The number of carboxylic acid groups (broad SMARTS) is 1. The lowest BCUT2D eigenvalue weighted by Crippen LogP contribution is -2.33. The summed E-state index contributed by atoms with van der Waals surface area (Å²) in [6.07, 6.45) is 1.94. The number of anilines is 1. The van der Waals surface area contributed by atoms with Crippen molar-refractivity contribution >= 4 is 23.5 Å². The number of amides is 2. The number of nitrogens with zero attached hydrogens (tertiary/aromatic N) is 1. The monoisotopic (exact) mass is 316 g/mol. The predicted octanol–water partition coefficient (Wildman–Crippen LogP) is 1.51. The van der Waals surface area contributed by atoms with Gasteiger partial charge in [-0.05, 0) is 30.9 Å². The Bertz CT molecular complexity index is 643. The van der Waals surface area contributed by atoms with E-state index < -0.39 is 11.9 Å². The lowest BCUT2D eigenvalue weighted by molar-refractivity contribution is -0.141. The number of benzene rings is 1. The molecule has 6 nitrogen and oxygen atoms in total. The van der Waals surface area contributed by atoms with E-state index in [0.29, 0.717) is 25.8 Å². The van der Waals surface area contributed by atoms with E-state index in [9.17, 15) is 14.4 Å². The highest BCUT2D eigenvalue weighted by Gasteiger charge is 2.32. The van der Waals surface area contributed by atoms with Gasteiger partial charge in [0.25, 0.3) is 0 Å². The number of nitrogens with one attached hydrogen (secondary N) is 1. The maximum Gasteiger partial charge on any atom is 0.308 e. The minimum atomic E-state index is -0.844. The quantitative estimate of drug-likeness (QED) is 0.881. The summed E-state index contributed by atoms with van der Waals surface area (Å²) in [5.74, 6) is -1.60. The molecule has 2 N–H and O–H groups in total. The van der Waals surface area contributed by atoms with Crippen LogP contribution in [-0.2, 0) is 20.8 Å². The van der Waals surface area contributed by atoms with Crippen LogP contribution in [-0.4, -0.2) is 40.9 Å². The summed E-state index contributed by atoms with van der Waals surface area (Å²) >= 11 is 0. The Morgan fingerprint density at radius 2 is 2.09 bits per heavy atom. The van der Waals surface area contributed by atoms with Gasteiger partial charge in [-0.25, -0.2) is 0 Å². The van der Waals surface area contributed by atoms with Crippen LogP contribution in [0, 0.1) is 11.8 Å². The molecule has 0 saturated carbocycles. The van der Waals surface area contributed by atoms with E-state index in [0.717, 1.165) is 11.3 Å². The zero-order chi connectivity index (χ0) is 16.4. The van der Waals surface area contributed by atoms with Crippen LogP contribution in [0.4, 0.5) is 5.69 Å². The summed E-state index contributed by atoms with van der Waals surface area (Å²) in [4.78, 5) is 36.9. The van der Waals surface area contributed by atoms with Crippen molar-refractivity contribution < 1.29 is 19.5 Å². The molecule has 23 heavy (non-hydrogen) atoms. The Morgan fingerprint density at radius 3 is 2.83 bits per heavy atom. The third kappa shape index (κ3) is 3.36. The minimum Gasteiger partial charge on any atom is -0.481 e. The van der Waals surface area contributed by atoms with E-state index >= 15 is 0 Å². The van der Waals surface area contributed by atoms with E-state index in [1.54, 1.807) is 4.90 Å². The SMILES string of the molecule is O=C(O)[C@H]1CCN(C(=O)CC[C@H]2Cc3ccccc3NC2=O)C1. The van der Waals surface area contributed by atoms with Gasteiger partial charge in [0.05, 0.1) is 5.92 Å². The largest absolute Gasteiger partial charge is 0.481 e. The molecular weight excluding hydrogens is 296 g/mol. The molecule has 2 heterocycles. The van der Waals surface area contributed by atoms with Gasteiger partial charge in [0, 0.05) is 31.1 Å². The average molecular weight is 316 g/mol. The number of para-hydroxylation sites is 1. The van der Waals surface area contributed by atoms with Crippen molar-refractivity contribution in [2.45, 2.75) is 25.7 Å². The molecule has 0 unspecified atom stereocenters. The van der Waals surface area contributed by atoms with Gasteiger partial charge in [0.15, 0.2) is 0 Å². The van der Waals surface area contributed by atoms with Crippen LogP contribution in [0.5, 0.6) is 0 Å². The molecule has 122 valence electrons. The standard InChI is InChI=1S/C17H20N2O4/c20-15(19-8-7-13(10-19)17(22)23)6-5-12-9-11-3-1-2-4-14(11)18-16(12)21/h1-4,12-13H,5-10H2,(H,18,21)(H,22,23)/t12-,13-/m0/s1. The Balaban J connectivity index is 1.54. The number of hydrogen-bond acceptors (Lipinski definition) is 3. The fraction of sp³-hybridized carbons (Fsp3) is 0.471. The first kappa shape index (κ1) is 15.5. The molecule has 6 heteroatoms. The number of likely N-dealkylation sites (tertiary alicyclic amines) is 1. The van der Waals surface area contributed by atoms with E-state index in [4.69, 9.17) is 5.11 Å². The second kappa shape index (κ2) is 6.40. The summed E-state index contributed by atoms with van der Waals surface area (Å²) in [6, 6.07) is 7.69. The fourth-order valence-electron chi connectivity index (χ4n) is 3.29. The highest BCUT2D eigenvalue weighted by atomic mass is 16.4. The Kier molecular flexibility index (Phi) is 4.32. The number of fused-ring (bicyclic) bond motifs is 1. The first-order valence-corrected chi connectivity index (χ1v) is 7.94. The molecule has 1 saturated heterocycles. The molecule has 1 aromatic carbocycles. The van der Waals surface area contributed by atoms with E-state index in [-0.39, 0.29) is 30.7 Å². The molecule has 0 aromatic heterocycles. The van der Waals surface area contributed by atoms with Crippen molar-refractivity contribution in [1.82, 2.24) is 4.90 Å². The minimum absolute atomic E-state index is 0.0404. The fourth-order valence-corrected chi connectivity index (χ4v) is 3.29. The normalized spacial score (nSPS) is 23.3. The van der Waals surface area contributed by atoms with Crippen molar-refractivity contribution in [3.8, 4) is 0 Å². The van der Waals surface area contributed by atoms with Crippen LogP contribution in [0.15, 0.2) is 24.3 Å². The third-order valence-corrected chi connectivity index (χ3v) is 4.71. The Labute approximate surface area is 134 Å². The van der Waals surface area contributed by atoms with Crippen LogP contribution >= 0.6 is 0 Å². The second-order valence-corrected chi connectivity index (χ2v) is 6.25. The van der Waals surface area contributed by atoms with Crippen LogP contribution in [0.25, 0.3) is 0 Å². The molecule has 3 rings (SSSR count). The molecule has 0 spiro atoms. The number of carboxylic acids is 1. The van der Waals surface area contributed by atoms with Crippen LogP contribution in [0.1, 0.15) is 24.8 Å². The predicted molar refractivity (Wildman–Crippen MR) is 83.8 cm³/mol.